The maximum atomic E-state index is 10.7. The van der Waals surface area contributed by atoms with E-state index < -0.39 is 0 Å². The highest BCUT2D eigenvalue weighted by molar-refractivity contribution is 9.10. The number of carbonyl (C=O) groups excluding carboxylic acids is 1. The monoisotopic (exact) mass is 266 g/mol. The third-order valence-corrected chi connectivity index (χ3v) is 3.91. The second-order valence-electron chi connectivity index (χ2n) is 2.81. The van der Waals surface area contributed by atoms with Gasteiger partial charge in [-0.15, -0.1) is 11.3 Å². The molecule has 3 heteroatoms. The fourth-order valence-electron chi connectivity index (χ4n) is 1.21. The second-order valence-corrected chi connectivity index (χ2v) is 4.74. The Bertz CT molecular complexity index is 448. The summed E-state index contributed by atoms with van der Waals surface area (Å²) in [5.41, 5.74) is 1.14. The predicted molar refractivity (Wildman–Crippen MR) is 62.8 cm³/mol. The molecule has 0 atom stereocenters. The SMILES string of the molecule is O=Cc1sc(-c2ccccc2)cc1Br. The normalized spacial score (nSPS) is 10.1. The van der Waals surface area contributed by atoms with Crippen LogP contribution in [0.5, 0.6) is 0 Å². The molecule has 0 aliphatic carbocycles. The first kappa shape index (κ1) is 9.62. The van der Waals surface area contributed by atoms with Crippen LogP contribution in [0, 0.1) is 0 Å². The van der Waals surface area contributed by atoms with Crippen LogP contribution < -0.4 is 0 Å². The van der Waals surface area contributed by atoms with Crippen LogP contribution in [0.15, 0.2) is 40.9 Å². The van der Waals surface area contributed by atoms with Crippen molar-refractivity contribution >= 4 is 33.6 Å². The summed E-state index contributed by atoms with van der Waals surface area (Å²) in [6, 6.07) is 12.0. The molecule has 1 nitrogen and oxygen atoms in total. The molecule has 0 saturated heterocycles. The van der Waals surface area contributed by atoms with Crippen LogP contribution in [0.4, 0.5) is 0 Å². The Morgan fingerprint density at radius 2 is 1.93 bits per heavy atom. The van der Waals surface area contributed by atoms with Gasteiger partial charge in [-0.05, 0) is 27.6 Å². The quantitative estimate of drug-likeness (QED) is 0.752. The van der Waals surface area contributed by atoms with E-state index in [9.17, 15) is 4.79 Å². The molecular weight excluding hydrogens is 260 g/mol. The zero-order chi connectivity index (χ0) is 9.97. The van der Waals surface area contributed by atoms with Crippen molar-refractivity contribution in [3.8, 4) is 10.4 Å². The van der Waals surface area contributed by atoms with E-state index in [0.717, 1.165) is 26.1 Å². The van der Waals surface area contributed by atoms with Crippen molar-refractivity contribution in [2.75, 3.05) is 0 Å². The Kier molecular flexibility index (Phi) is 2.79. The van der Waals surface area contributed by atoms with Gasteiger partial charge >= 0.3 is 0 Å². The highest BCUT2D eigenvalue weighted by Gasteiger charge is 2.06. The van der Waals surface area contributed by atoms with Crippen molar-refractivity contribution in [1.82, 2.24) is 0 Å². The average molecular weight is 267 g/mol. The minimum atomic E-state index is 0.740. The number of benzene rings is 1. The third-order valence-electron chi connectivity index (χ3n) is 1.88. The van der Waals surface area contributed by atoms with E-state index in [1.54, 1.807) is 0 Å². The number of aldehydes is 1. The molecule has 0 fully saturated rings. The van der Waals surface area contributed by atoms with Crippen molar-refractivity contribution in [1.29, 1.82) is 0 Å². The first-order chi connectivity index (χ1) is 6.81. The zero-order valence-corrected chi connectivity index (χ0v) is 9.64. The van der Waals surface area contributed by atoms with Crippen molar-refractivity contribution in [3.63, 3.8) is 0 Å². The highest BCUT2D eigenvalue weighted by atomic mass is 79.9. The van der Waals surface area contributed by atoms with Gasteiger partial charge in [-0.2, -0.15) is 0 Å². The van der Waals surface area contributed by atoms with Crippen molar-refractivity contribution in [2.24, 2.45) is 0 Å². The van der Waals surface area contributed by atoms with Gasteiger partial charge in [-0.25, -0.2) is 0 Å². The summed E-state index contributed by atoms with van der Waals surface area (Å²) in [6.45, 7) is 0. The topological polar surface area (TPSA) is 17.1 Å². The number of hydrogen-bond acceptors (Lipinski definition) is 2. The summed E-state index contributed by atoms with van der Waals surface area (Å²) >= 11 is 4.85. The van der Waals surface area contributed by atoms with Gasteiger partial charge in [0, 0.05) is 9.35 Å². The molecule has 2 rings (SSSR count). The van der Waals surface area contributed by atoms with Crippen LogP contribution in [0.1, 0.15) is 9.67 Å². The molecule has 0 bridgehead atoms. The Balaban J connectivity index is 2.48. The van der Waals surface area contributed by atoms with Crippen molar-refractivity contribution in [2.45, 2.75) is 0 Å². The van der Waals surface area contributed by atoms with Crippen LogP contribution in [0.3, 0.4) is 0 Å². The number of halogens is 1. The molecule has 0 aliphatic rings. The van der Waals surface area contributed by atoms with Crippen LogP contribution in [0.25, 0.3) is 10.4 Å². The van der Waals surface area contributed by atoms with Crippen LogP contribution in [0.2, 0.25) is 0 Å². The largest absolute Gasteiger partial charge is 0.297 e. The Morgan fingerprint density at radius 3 is 2.50 bits per heavy atom. The maximum Gasteiger partial charge on any atom is 0.161 e. The van der Waals surface area contributed by atoms with Crippen LogP contribution in [-0.4, -0.2) is 6.29 Å². The molecule has 0 radical (unpaired) electrons. The number of thiophene rings is 1. The fraction of sp³-hybridized carbons (Fsp3) is 0. The fourth-order valence-corrected chi connectivity index (χ4v) is 2.80. The minimum absolute atomic E-state index is 0.740. The smallest absolute Gasteiger partial charge is 0.161 e. The van der Waals surface area contributed by atoms with E-state index in [4.69, 9.17) is 0 Å². The maximum absolute atomic E-state index is 10.7. The standard InChI is InChI=1S/C11H7BrOS/c12-9-6-10(14-11(9)7-13)8-4-2-1-3-5-8/h1-7H. The number of rotatable bonds is 2. The van der Waals surface area contributed by atoms with Crippen molar-refractivity contribution in [3.05, 3.63) is 45.7 Å². The predicted octanol–water partition coefficient (Wildman–Crippen LogP) is 3.99. The van der Waals surface area contributed by atoms with Crippen LogP contribution in [-0.2, 0) is 0 Å². The molecule has 1 aromatic heterocycles. The number of carbonyl (C=O) groups is 1. The van der Waals surface area contributed by atoms with Crippen molar-refractivity contribution < 1.29 is 4.79 Å². The van der Waals surface area contributed by atoms with E-state index in [1.165, 1.54) is 11.3 Å². The Hall–Kier alpha value is -0.930. The minimum Gasteiger partial charge on any atom is -0.297 e. The Labute approximate surface area is 94.5 Å². The van der Waals surface area contributed by atoms with Crippen LogP contribution >= 0.6 is 27.3 Å². The van der Waals surface area contributed by atoms with Gasteiger partial charge < -0.3 is 0 Å². The molecule has 0 unspecified atom stereocenters. The average Bonchev–Trinajstić information content (AvgIpc) is 2.61. The second kappa shape index (κ2) is 4.07. The molecule has 0 saturated carbocycles. The lowest BCUT2D eigenvalue weighted by molar-refractivity contribution is 0.112. The Morgan fingerprint density at radius 1 is 1.21 bits per heavy atom. The molecule has 1 heterocycles. The molecule has 70 valence electrons. The molecule has 1 aromatic carbocycles. The van der Waals surface area contributed by atoms with Gasteiger partial charge in [0.05, 0.1) is 4.88 Å². The van der Waals surface area contributed by atoms with E-state index in [1.807, 2.05) is 36.4 Å². The zero-order valence-electron chi connectivity index (χ0n) is 7.24. The summed E-state index contributed by atoms with van der Waals surface area (Å²) in [4.78, 5) is 12.5. The van der Waals surface area contributed by atoms with E-state index in [-0.39, 0.29) is 0 Å². The van der Waals surface area contributed by atoms with Gasteiger partial charge in [0.1, 0.15) is 0 Å². The lowest BCUT2D eigenvalue weighted by Crippen LogP contribution is -1.67. The summed E-state index contributed by atoms with van der Waals surface area (Å²) in [5, 5.41) is 0. The molecule has 0 aliphatic heterocycles. The highest BCUT2D eigenvalue weighted by Crippen LogP contribution is 2.33. The first-order valence-electron chi connectivity index (χ1n) is 4.11. The molecule has 14 heavy (non-hydrogen) atoms. The van der Waals surface area contributed by atoms with E-state index in [2.05, 4.69) is 15.9 Å². The molecule has 0 N–H and O–H groups in total. The summed E-state index contributed by atoms with van der Waals surface area (Å²) in [5.74, 6) is 0. The van der Waals surface area contributed by atoms with Gasteiger partial charge in [-0.3, -0.25) is 4.79 Å². The molecule has 0 spiro atoms. The first-order valence-corrected chi connectivity index (χ1v) is 5.72. The summed E-state index contributed by atoms with van der Waals surface area (Å²) in [6.07, 6.45) is 0.876. The summed E-state index contributed by atoms with van der Waals surface area (Å²) < 4.78 is 0.872. The van der Waals surface area contributed by atoms with E-state index >= 15 is 0 Å². The lowest BCUT2D eigenvalue weighted by atomic mass is 10.2. The third kappa shape index (κ3) is 1.79. The van der Waals surface area contributed by atoms with Gasteiger partial charge in [0.2, 0.25) is 0 Å². The molecule has 2 aromatic rings. The lowest BCUT2D eigenvalue weighted by Gasteiger charge is -1.93. The van der Waals surface area contributed by atoms with Gasteiger partial charge in [-0.1, -0.05) is 30.3 Å². The summed E-state index contributed by atoms with van der Waals surface area (Å²) in [7, 11) is 0. The van der Waals surface area contributed by atoms with Gasteiger partial charge in [0.25, 0.3) is 0 Å². The molecular formula is C11H7BrOS. The molecule has 0 amide bonds. The van der Waals surface area contributed by atoms with Gasteiger partial charge in [0.15, 0.2) is 6.29 Å². The van der Waals surface area contributed by atoms with E-state index in [0.29, 0.717) is 0 Å². The number of hydrogen-bond donors (Lipinski definition) is 0.